The lowest BCUT2D eigenvalue weighted by Gasteiger charge is -2.19. The van der Waals surface area contributed by atoms with Gasteiger partial charge in [-0.25, -0.2) is 18.1 Å². The molecule has 2 amide bonds. The third kappa shape index (κ3) is 3.52. The van der Waals surface area contributed by atoms with Gasteiger partial charge in [0, 0.05) is 35.6 Å². The molecule has 0 bridgehead atoms. The summed E-state index contributed by atoms with van der Waals surface area (Å²) in [6, 6.07) is 5.33. The fourth-order valence-electron chi connectivity index (χ4n) is 3.76. The molecule has 2 aromatic heterocycles. The highest BCUT2D eigenvalue weighted by Crippen LogP contribution is 2.34. The Morgan fingerprint density at radius 2 is 2.23 bits per heavy atom. The van der Waals surface area contributed by atoms with Crippen molar-refractivity contribution in [3.63, 3.8) is 0 Å². The number of benzene rings is 1. The second-order valence-corrected chi connectivity index (χ2v) is 10.2. The minimum Gasteiger partial charge on any atom is -0.347 e. The summed E-state index contributed by atoms with van der Waals surface area (Å²) in [4.78, 5) is 30.3. The molecule has 0 aliphatic carbocycles. The van der Waals surface area contributed by atoms with Crippen LogP contribution in [0.2, 0.25) is 0 Å². The van der Waals surface area contributed by atoms with Crippen LogP contribution in [0.25, 0.3) is 5.13 Å². The number of rotatable bonds is 4. The number of thiazole rings is 1. The Balaban J connectivity index is 1.34. The van der Waals surface area contributed by atoms with E-state index in [0.717, 1.165) is 4.88 Å². The van der Waals surface area contributed by atoms with Crippen LogP contribution in [0, 0.1) is 0 Å². The van der Waals surface area contributed by atoms with Crippen molar-refractivity contribution in [2.75, 3.05) is 11.9 Å². The van der Waals surface area contributed by atoms with Gasteiger partial charge in [-0.2, -0.15) is 9.40 Å². The van der Waals surface area contributed by atoms with Gasteiger partial charge in [0.05, 0.1) is 12.2 Å². The summed E-state index contributed by atoms with van der Waals surface area (Å²) in [5.74, 6) is -0.749. The number of amides is 2. The van der Waals surface area contributed by atoms with Crippen molar-refractivity contribution < 1.29 is 18.0 Å². The fraction of sp³-hybridized carbons (Fsp3) is 0.263. The Morgan fingerprint density at radius 1 is 1.35 bits per heavy atom. The zero-order valence-electron chi connectivity index (χ0n) is 16.2. The molecule has 160 valence electrons. The third-order valence-electron chi connectivity index (χ3n) is 5.26. The maximum atomic E-state index is 13.0. The van der Waals surface area contributed by atoms with E-state index in [2.05, 4.69) is 20.7 Å². The van der Waals surface area contributed by atoms with Crippen molar-refractivity contribution in [2.45, 2.75) is 30.3 Å². The molecular formula is C19H18N6O4S2. The largest absolute Gasteiger partial charge is 0.347 e. The van der Waals surface area contributed by atoms with Crippen LogP contribution in [0.3, 0.4) is 0 Å². The van der Waals surface area contributed by atoms with Crippen LogP contribution in [0.15, 0.2) is 47.8 Å². The van der Waals surface area contributed by atoms with Crippen LogP contribution < -0.4 is 10.6 Å². The van der Waals surface area contributed by atoms with E-state index in [0.29, 0.717) is 24.5 Å². The first kappa shape index (κ1) is 19.8. The van der Waals surface area contributed by atoms with E-state index in [1.54, 1.807) is 29.3 Å². The van der Waals surface area contributed by atoms with Gasteiger partial charge >= 0.3 is 0 Å². The van der Waals surface area contributed by atoms with E-state index in [9.17, 15) is 18.0 Å². The number of sulfonamides is 1. The molecule has 1 atom stereocenters. The number of hydrogen-bond donors (Lipinski definition) is 2. The molecule has 2 aliphatic rings. The van der Waals surface area contributed by atoms with Crippen molar-refractivity contribution in [3.05, 3.63) is 53.3 Å². The predicted octanol–water partition coefficient (Wildman–Crippen LogP) is 1.36. The molecule has 4 heterocycles. The Morgan fingerprint density at radius 3 is 3.03 bits per heavy atom. The van der Waals surface area contributed by atoms with E-state index in [4.69, 9.17) is 0 Å². The minimum absolute atomic E-state index is 0.00752. The normalized spacial score (nSPS) is 19.9. The Bertz CT molecular complexity index is 1270. The molecule has 1 fully saturated rings. The van der Waals surface area contributed by atoms with E-state index in [1.807, 2.05) is 0 Å². The summed E-state index contributed by atoms with van der Waals surface area (Å²) in [5, 5.41) is 10.3. The fourth-order valence-corrected chi connectivity index (χ4v) is 6.34. The minimum atomic E-state index is -3.80. The highest BCUT2D eigenvalue weighted by atomic mass is 32.2. The Kier molecular flexibility index (Phi) is 4.84. The van der Waals surface area contributed by atoms with Crippen molar-refractivity contribution in [3.8, 4) is 5.13 Å². The van der Waals surface area contributed by atoms with Crippen molar-refractivity contribution in [1.29, 1.82) is 0 Å². The second kappa shape index (κ2) is 7.55. The molecule has 1 aromatic carbocycles. The van der Waals surface area contributed by atoms with Crippen molar-refractivity contribution in [1.82, 2.24) is 24.4 Å². The lowest BCUT2D eigenvalue weighted by molar-refractivity contribution is -0.119. The van der Waals surface area contributed by atoms with E-state index in [-0.39, 0.29) is 34.5 Å². The summed E-state index contributed by atoms with van der Waals surface area (Å²) in [7, 11) is -3.80. The van der Waals surface area contributed by atoms with Crippen LogP contribution in [0.5, 0.6) is 0 Å². The number of fused-ring (bicyclic) bond motifs is 2. The molecule has 0 saturated carbocycles. The molecule has 0 spiro atoms. The maximum absolute atomic E-state index is 13.0. The first-order valence-corrected chi connectivity index (χ1v) is 11.9. The molecule has 1 saturated heterocycles. The Hall–Kier alpha value is -3.09. The lowest BCUT2D eigenvalue weighted by Crippen LogP contribution is -2.40. The standard InChI is InChI=1S/C19H18N6O4S2/c26-17(20-10-13-11-21-19(30-13)24-7-2-6-22-24)12-4-5-16-14(9-12)23-18(27)15-3-1-8-25(15)31(16,28)29/h2,4-7,9,11,15H,1,3,8,10H2,(H,20,26)(H,23,27). The molecule has 31 heavy (non-hydrogen) atoms. The first-order valence-electron chi connectivity index (χ1n) is 9.63. The second-order valence-electron chi connectivity index (χ2n) is 7.22. The first-order chi connectivity index (χ1) is 14.9. The topological polar surface area (TPSA) is 126 Å². The number of hydrogen-bond acceptors (Lipinski definition) is 7. The molecule has 1 unspecified atom stereocenters. The summed E-state index contributed by atoms with van der Waals surface area (Å²) in [6.07, 6.45) is 6.24. The van der Waals surface area contributed by atoms with Crippen molar-refractivity contribution in [2.24, 2.45) is 0 Å². The van der Waals surface area contributed by atoms with Gasteiger partial charge in [-0.1, -0.05) is 11.3 Å². The SMILES string of the molecule is O=C(NCc1cnc(-n2cccn2)s1)c1ccc2c(c1)NC(=O)C1CCCN1S2(=O)=O. The van der Waals surface area contributed by atoms with E-state index >= 15 is 0 Å². The molecule has 2 aliphatic heterocycles. The Labute approximate surface area is 181 Å². The molecule has 10 nitrogen and oxygen atoms in total. The van der Waals surface area contributed by atoms with Gasteiger partial charge in [-0.05, 0) is 37.1 Å². The summed E-state index contributed by atoms with van der Waals surface area (Å²) in [6.45, 7) is 0.576. The van der Waals surface area contributed by atoms with Crippen molar-refractivity contribution >= 4 is 38.9 Å². The summed E-state index contributed by atoms with van der Waals surface area (Å²) >= 11 is 1.40. The van der Waals surface area contributed by atoms with Gasteiger partial charge in [0.2, 0.25) is 21.1 Å². The molecule has 3 aromatic rings. The molecule has 2 N–H and O–H groups in total. The molecular weight excluding hydrogens is 440 g/mol. The van der Waals surface area contributed by atoms with Crippen LogP contribution in [0.1, 0.15) is 28.1 Å². The number of carbonyl (C=O) groups excluding carboxylic acids is 2. The van der Waals surface area contributed by atoms with Gasteiger partial charge in [0.1, 0.15) is 10.9 Å². The average Bonchev–Trinajstić information content (AvgIpc) is 3.52. The van der Waals surface area contributed by atoms with Crippen LogP contribution in [0.4, 0.5) is 5.69 Å². The van der Waals surface area contributed by atoms with Crippen LogP contribution in [-0.4, -0.2) is 51.9 Å². The number of carbonyl (C=O) groups is 2. The molecule has 5 rings (SSSR count). The maximum Gasteiger partial charge on any atom is 0.251 e. The quantitative estimate of drug-likeness (QED) is 0.608. The van der Waals surface area contributed by atoms with Gasteiger partial charge in [0.15, 0.2) is 0 Å². The van der Waals surface area contributed by atoms with Gasteiger partial charge in [-0.15, -0.1) is 0 Å². The van der Waals surface area contributed by atoms with Gasteiger partial charge < -0.3 is 10.6 Å². The molecule has 12 heteroatoms. The summed E-state index contributed by atoms with van der Waals surface area (Å²) < 4.78 is 28.8. The number of anilines is 1. The zero-order chi connectivity index (χ0) is 21.6. The highest BCUT2D eigenvalue weighted by Gasteiger charge is 2.43. The average molecular weight is 459 g/mol. The van der Waals surface area contributed by atoms with Gasteiger partial charge in [0.25, 0.3) is 5.91 Å². The number of nitrogens with one attached hydrogen (secondary N) is 2. The van der Waals surface area contributed by atoms with E-state index < -0.39 is 16.1 Å². The summed E-state index contributed by atoms with van der Waals surface area (Å²) in [5.41, 5.74) is 0.388. The molecule has 0 radical (unpaired) electrons. The zero-order valence-corrected chi connectivity index (χ0v) is 17.8. The van der Waals surface area contributed by atoms with Crippen LogP contribution in [-0.2, 0) is 21.4 Å². The predicted molar refractivity (Wildman–Crippen MR) is 112 cm³/mol. The lowest BCUT2D eigenvalue weighted by atomic mass is 10.1. The third-order valence-corrected chi connectivity index (χ3v) is 8.21. The van der Waals surface area contributed by atoms with E-state index in [1.165, 1.54) is 33.8 Å². The van der Waals surface area contributed by atoms with Crippen LogP contribution >= 0.6 is 11.3 Å². The number of aromatic nitrogens is 3. The monoisotopic (exact) mass is 458 g/mol. The highest BCUT2D eigenvalue weighted by molar-refractivity contribution is 7.89. The number of nitrogens with zero attached hydrogens (tertiary/aromatic N) is 4. The smallest absolute Gasteiger partial charge is 0.251 e. The van der Waals surface area contributed by atoms with Gasteiger partial charge in [-0.3, -0.25) is 9.59 Å².